The van der Waals surface area contributed by atoms with Crippen LogP contribution in [0.25, 0.3) is 10.9 Å². The Morgan fingerprint density at radius 1 is 1.45 bits per heavy atom. The van der Waals surface area contributed by atoms with Crippen molar-refractivity contribution in [2.45, 2.75) is 6.92 Å². The zero-order chi connectivity index (χ0) is 7.84. The number of nitrogens with zero attached hydrogens (tertiary/aromatic N) is 1. The van der Waals surface area contributed by atoms with Crippen LogP contribution in [-0.2, 0) is 0 Å². The Labute approximate surface area is 72.8 Å². The van der Waals surface area contributed by atoms with Crippen molar-refractivity contribution in [3.63, 3.8) is 0 Å². The Morgan fingerprint density at radius 2 is 2.27 bits per heavy atom. The van der Waals surface area contributed by atoms with Gasteiger partial charge in [0.05, 0.1) is 11.7 Å². The van der Waals surface area contributed by atoms with E-state index in [9.17, 15) is 0 Å². The predicted molar refractivity (Wildman–Crippen MR) is 48.5 cm³/mol. The Bertz CT molecular complexity index is 392. The van der Waals surface area contributed by atoms with Crippen molar-refractivity contribution in [2.75, 3.05) is 0 Å². The van der Waals surface area contributed by atoms with Crippen LogP contribution in [0.1, 0.15) is 5.56 Å². The first-order valence-electron chi connectivity index (χ1n) is 3.36. The molecule has 0 radical (unpaired) electrons. The highest BCUT2D eigenvalue weighted by Gasteiger charge is 2.02. The van der Waals surface area contributed by atoms with Crippen LogP contribution in [0, 0.1) is 6.92 Å². The molecule has 2 heterocycles. The first kappa shape index (κ1) is 6.85. The van der Waals surface area contributed by atoms with E-state index < -0.39 is 0 Å². The lowest BCUT2D eigenvalue weighted by Crippen LogP contribution is -1.77. The van der Waals surface area contributed by atoms with Crippen LogP contribution in [0.3, 0.4) is 0 Å². The van der Waals surface area contributed by atoms with Gasteiger partial charge in [-0.3, -0.25) is 4.98 Å². The molecule has 0 unspecified atom stereocenters. The average molecular weight is 211 g/mol. The second-order valence-electron chi connectivity index (χ2n) is 2.52. The molecule has 11 heavy (non-hydrogen) atoms. The van der Waals surface area contributed by atoms with Crippen molar-refractivity contribution >= 4 is 26.8 Å². The molecule has 3 heteroatoms. The van der Waals surface area contributed by atoms with E-state index in [0.29, 0.717) is 0 Å². The lowest BCUT2D eigenvalue weighted by atomic mass is 10.2. The van der Waals surface area contributed by atoms with E-state index in [2.05, 4.69) is 25.9 Å². The highest BCUT2D eigenvalue weighted by Crippen LogP contribution is 2.24. The summed E-state index contributed by atoms with van der Waals surface area (Å²) in [6, 6.07) is 0. The highest BCUT2D eigenvalue weighted by atomic mass is 79.9. The SMILES string of the molecule is Cc1cncc2[nH]cc(Br)c12. The maximum Gasteiger partial charge on any atom is 0.0654 e. The van der Waals surface area contributed by atoms with E-state index in [1.165, 1.54) is 10.9 Å². The third-order valence-electron chi connectivity index (χ3n) is 1.73. The number of aromatic nitrogens is 2. The fraction of sp³-hybridized carbons (Fsp3) is 0.125. The van der Waals surface area contributed by atoms with Gasteiger partial charge in [0, 0.05) is 22.3 Å². The maximum atomic E-state index is 4.07. The minimum absolute atomic E-state index is 1.08. The highest BCUT2D eigenvalue weighted by molar-refractivity contribution is 9.10. The molecule has 0 bridgehead atoms. The minimum atomic E-state index is 1.08. The molecular weight excluding hydrogens is 204 g/mol. The molecule has 0 saturated carbocycles. The van der Waals surface area contributed by atoms with E-state index in [1.807, 2.05) is 25.5 Å². The Kier molecular flexibility index (Phi) is 1.46. The van der Waals surface area contributed by atoms with Crippen molar-refractivity contribution in [2.24, 2.45) is 0 Å². The maximum absolute atomic E-state index is 4.07. The van der Waals surface area contributed by atoms with Gasteiger partial charge >= 0.3 is 0 Å². The summed E-state index contributed by atoms with van der Waals surface area (Å²) in [7, 11) is 0. The van der Waals surface area contributed by atoms with Gasteiger partial charge in [-0.25, -0.2) is 0 Å². The van der Waals surface area contributed by atoms with E-state index in [4.69, 9.17) is 0 Å². The van der Waals surface area contributed by atoms with Gasteiger partial charge in [0.2, 0.25) is 0 Å². The zero-order valence-electron chi connectivity index (χ0n) is 6.06. The molecule has 56 valence electrons. The summed E-state index contributed by atoms with van der Waals surface area (Å²) in [5.41, 5.74) is 2.27. The average Bonchev–Trinajstić information content (AvgIpc) is 2.34. The summed E-state index contributed by atoms with van der Waals surface area (Å²) in [6.07, 6.45) is 5.62. The van der Waals surface area contributed by atoms with E-state index in [1.54, 1.807) is 0 Å². The Hall–Kier alpha value is -0.830. The fourth-order valence-electron chi connectivity index (χ4n) is 1.20. The number of fused-ring (bicyclic) bond motifs is 1. The number of pyridine rings is 1. The minimum Gasteiger partial charge on any atom is -0.359 e. The number of halogens is 1. The van der Waals surface area contributed by atoms with Gasteiger partial charge in [-0.1, -0.05) is 0 Å². The van der Waals surface area contributed by atoms with Crippen LogP contribution in [0.4, 0.5) is 0 Å². The van der Waals surface area contributed by atoms with Crippen molar-refractivity contribution < 1.29 is 0 Å². The van der Waals surface area contributed by atoms with Crippen LogP contribution in [0.15, 0.2) is 23.1 Å². The van der Waals surface area contributed by atoms with E-state index in [0.717, 1.165) is 9.99 Å². The Balaban J connectivity index is 2.96. The number of hydrogen-bond donors (Lipinski definition) is 1. The number of rotatable bonds is 0. The lowest BCUT2D eigenvalue weighted by Gasteiger charge is -1.93. The number of H-pyrrole nitrogens is 1. The van der Waals surface area contributed by atoms with Crippen LogP contribution in [0.5, 0.6) is 0 Å². The summed E-state index contributed by atoms with van der Waals surface area (Å²) >= 11 is 3.46. The van der Waals surface area contributed by atoms with Crippen molar-refractivity contribution in [1.82, 2.24) is 9.97 Å². The molecule has 2 nitrogen and oxygen atoms in total. The molecule has 0 saturated heterocycles. The van der Waals surface area contributed by atoms with Crippen LogP contribution in [-0.4, -0.2) is 9.97 Å². The van der Waals surface area contributed by atoms with E-state index in [-0.39, 0.29) is 0 Å². The second-order valence-corrected chi connectivity index (χ2v) is 3.37. The molecule has 0 amide bonds. The smallest absolute Gasteiger partial charge is 0.0654 e. The molecule has 2 rings (SSSR count). The quantitative estimate of drug-likeness (QED) is 0.712. The molecule has 0 atom stereocenters. The zero-order valence-corrected chi connectivity index (χ0v) is 7.64. The summed E-state index contributed by atoms with van der Waals surface area (Å²) in [5, 5.41) is 1.22. The number of nitrogens with one attached hydrogen (secondary N) is 1. The molecule has 0 aliphatic heterocycles. The molecule has 2 aromatic heterocycles. The summed E-state index contributed by atoms with van der Waals surface area (Å²) in [5.74, 6) is 0. The number of aryl methyl sites for hydroxylation is 1. The van der Waals surface area contributed by atoms with Gasteiger partial charge in [0.1, 0.15) is 0 Å². The normalized spacial score (nSPS) is 10.7. The summed E-state index contributed by atoms with van der Waals surface area (Å²) in [6.45, 7) is 2.05. The third kappa shape index (κ3) is 0.959. The topological polar surface area (TPSA) is 28.7 Å². The predicted octanol–water partition coefficient (Wildman–Crippen LogP) is 2.63. The van der Waals surface area contributed by atoms with Crippen LogP contribution >= 0.6 is 15.9 Å². The van der Waals surface area contributed by atoms with Gasteiger partial charge in [0.25, 0.3) is 0 Å². The van der Waals surface area contributed by atoms with Gasteiger partial charge in [-0.2, -0.15) is 0 Å². The third-order valence-corrected chi connectivity index (χ3v) is 2.35. The first-order valence-corrected chi connectivity index (χ1v) is 4.15. The van der Waals surface area contributed by atoms with Gasteiger partial charge in [-0.15, -0.1) is 0 Å². The number of aromatic amines is 1. The molecule has 0 aliphatic rings. The molecule has 1 N–H and O–H groups in total. The van der Waals surface area contributed by atoms with Crippen molar-refractivity contribution in [3.8, 4) is 0 Å². The molecule has 0 fully saturated rings. The Morgan fingerprint density at radius 3 is 3.00 bits per heavy atom. The van der Waals surface area contributed by atoms with Crippen LogP contribution in [0.2, 0.25) is 0 Å². The van der Waals surface area contributed by atoms with E-state index >= 15 is 0 Å². The molecular formula is C8H7BrN2. The van der Waals surface area contributed by atoms with Gasteiger partial charge < -0.3 is 4.98 Å². The standard InChI is InChI=1S/C8H7BrN2/c1-5-2-10-4-7-8(5)6(9)3-11-7/h2-4,11H,1H3. The summed E-state index contributed by atoms with van der Waals surface area (Å²) < 4.78 is 1.10. The molecule has 2 aromatic rings. The molecule has 0 aromatic carbocycles. The van der Waals surface area contributed by atoms with Crippen molar-refractivity contribution in [3.05, 3.63) is 28.6 Å². The fourth-order valence-corrected chi connectivity index (χ4v) is 1.85. The first-order chi connectivity index (χ1) is 5.29. The van der Waals surface area contributed by atoms with Crippen molar-refractivity contribution in [1.29, 1.82) is 0 Å². The lowest BCUT2D eigenvalue weighted by molar-refractivity contribution is 1.30. The second kappa shape index (κ2) is 2.34. The molecule has 0 aliphatic carbocycles. The molecule has 0 spiro atoms. The number of hydrogen-bond acceptors (Lipinski definition) is 1. The summed E-state index contributed by atoms with van der Waals surface area (Å²) in [4.78, 5) is 7.19. The van der Waals surface area contributed by atoms with Gasteiger partial charge in [-0.05, 0) is 28.4 Å². The van der Waals surface area contributed by atoms with Gasteiger partial charge in [0.15, 0.2) is 0 Å². The largest absolute Gasteiger partial charge is 0.359 e. The monoisotopic (exact) mass is 210 g/mol. The van der Waals surface area contributed by atoms with Crippen LogP contribution < -0.4 is 0 Å².